The third-order valence-corrected chi connectivity index (χ3v) is 4.91. The number of carbonyl (C=O) groups excluding carboxylic acids is 1. The van der Waals surface area contributed by atoms with E-state index in [4.69, 9.17) is 9.26 Å². The molecule has 128 valence electrons. The topological polar surface area (TPSA) is 58.8 Å². The SMILES string of the molecule is CC[C@H]1OCCC[C@@H]1C(=O)N1CCN(Cc2cc(C)on2)CC1. The summed E-state index contributed by atoms with van der Waals surface area (Å²) in [7, 11) is 0. The Morgan fingerprint density at radius 2 is 2.13 bits per heavy atom. The van der Waals surface area contributed by atoms with E-state index in [-0.39, 0.29) is 17.9 Å². The molecule has 2 atom stereocenters. The number of rotatable bonds is 4. The fraction of sp³-hybridized carbons (Fsp3) is 0.765. The first-order chi connectivity index (χ1) is 11.2. The van der Waals surface area contributed by atoms with Crippen molar-refractivity contribution in [3.8, 4) is 0 Å². The second kappa shape index (κ2) is 7.45. The summed E-state index contributed by atoms with van der Waals surface area (Å²) in [6, 6.07) is 1.97. The fourth-order valence-corrected chi connectivity index (χ4v) is 3.61. The van der Waals surface area contributed by atoms with Gasteiger partial charge in [0.2, 0.25) is 5.91 Å². The van der Waals surface area contributed by atoms with Crippen LogP contribution in [-0.4, -0.2) is 59.8 Å². The third kappa shape index (κ3) is 3.93. The molecule has 0 aliphatic carbocycles. The fourth-order valence-electron chi connectivity index (χ4n) is 3.61. The van der Waals surface area contributed by atoms with Crippen LogP contribution in [0.25, 0.3) is 0 Å². The summed E-state index contributed by atoms with van der Waals surface area (Å²) in [5.74, 6) is 1.18. The number of nitrogens with zero attached hydrogens (tertiary/aromatic N) is 3. The van der Waals surface area contributed by atoms with E-state index >= 15 is 0 Å². The first-order valence-electron chi connectivity index (χ1n) is 8.72. The highest BCUT2D eigenvalue weighted by molar-refractivity contribution is 5.79. The van der Waals surface area contributed by atoms with Gasteiger partial charge in [-0.3, -0.25) is 9.69 Å². The summed E-state index contributed by atoms with van der Waals surface area (Å²) >= 11 is 0. The number of hydrogen-bond donors (Lipinski definition) is 0. The van der Waals surface area contributed by atoms with Gasteiger partial charge in [0.05, 0.1) is 17.7 Å². The number of piperazine rings is 1. The van der Waals surface area contributed by atoms with E-state index in [1.54, 1.807) is 0 Å². The summed E-state index contributed by atoms with van der Waals surface area (Å²) in [5.41, 5.74) is 0.967. The molecule has 1 amide bonds. The third-order valence-electron chi connectivity index (χ3n) is 4.91. The maximum atomic E-state index is 12.8. The van der Waals surface area contributed by atoms with E-state index in [2.05, 4.69) is 17.0 Å². The van der Waals surface area contributed by atoms with Gasteiger partial charge in [0, 0.05) is 45.4 Å². The summed E-state index contributed by atoms with van der Waals surface area (Å²) in [6.07, 6.45) is 2.99. The van der Waals surface area contributed by atoms with Crippen LogP contribution >= 0.6 is 0 Å². The highest BCUT2D eigenvalue weighted by atomic mass is 16.5. The van der Waals surface area contributed by atoms with E-state index < -0.39 is 0 Å². The average Bonchev–Trinajstić information content (AvgIpc) is 3.00. The van der Waals surface area contributed by atoms with E-state index in [0.717, 1.165) is 70.0 Å². The zero-order valence-corrected chi connectivity index (χ0v) is 14.2. The first kappa shape index (κ1) is 16.5. The second-order valence-corrected chi connectivity index (χ2v) is 6.60. The Balaban J connectivity index is 1.50. The van der Waals surface area contributed by atoms with Crippen molar-refractivity contribution in [1.29, 1.82) is 0 Å². The monoisotopic (exact) mass is 321 g/mol. The van der Waals surface area contributed by atoms with Crippen molar-refractivity contribution < 1.29 is 14.1 Å². The summed E-state index contributed by atoms with van der Waals surface area (Å²) in [5, 5.41) is 4.04. The van der Waals surface area contributed by atoms with Crippen LogP contribution in [0.4, 0.5) is 0 Å². The van der Waals surface area contributed by atoms with Crippen LogP contribution in [0.2, 0.25) is 0 Å². The first-order valence-corrected chi connectivity index (χ1v) is 8.72. The lowest BCUT2D eigenvalue weighted by atomic mass is 9.91. The number of aromatic nitrogens is 1. The quantitative estimate of drug-likeness (QED) is 0.847. The van der Waals surface area contributed by atoms with Gasteiger partial charge in [-0.2, -0.15) is 0 Å². The van der Waals surface area contributed by atoms with Crippen LogP contribution in [0.5, 0.6) is 0 Å². The minimum atomic E-state index is 0.0542. The van der Waals surface area contributed by atoms with Crippen LogP contribution < -0.4 is 0 Å². The van der Waals surface area contributed by atoms with Gasteiger partial charge < -0.3 is 14.2 Å². The van der Waals surface area contributed by atoms with Gasteiger partial charge in [0.25, 0.3) is 0 Å². The average molecular weight is 321 g/mol. The van der Waals surface area contributed by atoms with Crippen LogP contribution in [0, 0.1) is 12.8 Å². The van der Waals surface area contributed by atoms with Crippen molar-refractivity contribution in [3.05, 3.63) is 17.5 Å². The zero-order chi connectivity index (χ0) is 16.2. The standard InChI is InChI=1S/C17H27N3O3/c1-3-16-15(5-4-10-22-16)17(21)20-8-6-19(7-9-20)12-14-11-13(2)23-18-14/h11,15-16H,3-10,12H2,1-2H3/t15-,16+/m0/s1. The van der Waals surface area contributed by atoms with E-state index in [1.807, 2.05) is 17.9 Å². The molecule has 2 aliphatic heterocycles. The molecule has 2 aliphatic rings. The molecule has 1 aromatic heterocycles. The highest BCUT2D eigenvalue weighted by Crippen LogP contribution is 2.25. The molecule has 0 saturated carbocycles. The lowest BCUT2D eigenvalue weighted by Gasteiger charge is -2.38. The largest absolute Gasteiger partial charge is 0.377 e. The highest BCUT2D eigenvalue weighted by Gasteiger charge is 2.34. The van der Waals surface area contributed by atoms with Gasteiger partial charge >= 0.3 is 0 Å². The van der Waals surface area contributed by atoms with Crippen LogP contribution in [-0.2, 0) is 16.1 Å². The number of amides is 1. The van der Waals surface area contributed by atoms with Gasteiger partial charge in [0.1, 0.15) is 5.76 Å². The van der Waals surface area contributed by atoms with Crippen molar-refractivity contribution in [2.45, 2.75) is 45.8 Å². The van der Waals surface area contributed by atoms with Gasteiger partial charge in [-0.25, -0.2) is 0 Å². The Morgan fingerprint density at radius 1 is 1.35 bits per heavy atom. The lowest BCUT2D eigenvalue weighted by molar-refractivity contribution is -0.147. The number of carbonyl (C=O) groups is 1. The minimum Gasteiger partial charge on any atom is -0.377 e. The smallest absolute Gasteiger partial charge is 0.228 e. The maximum absolute atomic E-state index is 12.8. The Bertz CT molecular complexity index is 523. The summed E-state index contributed by atoms with van der Waals surface area (Å²) in [4.78, 5) is 17.1. The van der Waals surface area contributed by atoms with Crippen molar-refractivity contribution in [2.24, 2.45) is 5.92 Å². The number of hydrogen-bond acceptors (Lipinski definition) is 5. The van der Waals surface area contributed by atoms with Crippen molar-refractivity contribution in [3.63, 3.8) is 0 Å². The van der Waals surface area contributed by atoms with Gasteiger partial charge in [-0.1, -0.05) is 12.1 Å². The molecule has 23 heavy (non-hydrogen) atoms. The Labute approximate surface area is 137 Å². The molecule has 0 aromatic carbocycles. The van der Waals surface area contributed by atoms with Gasteiger partial charge in [-0.05, 0) is 26.2 Å². The molecule has 2 fully saturated rings. The molecule has 3 heterocycles. The van der Waals surface area contributed by atoms with Crippen LogP contribution in [0.1, 0.15) is 37.6 Å². The van der Waals surface area contributed by atoms with Gasteiger partial charge in [0.15, 0.2) is 0 Å². The van der Waals surface area contributed by atoms with Crippen molar-refractivity contribution >= 4 is 5.91 Å². The van der Waals surface area contributed by atoms with Crippen molar-refractivity contribution in [2.75, 3.05) is 32.8 Å². The number of ether oxygens (including phenoxy) is 1. The predicted octanol–water partition coefficient (Wildman–Crippen LogP) is 1.83. The molecule has 0 spiro atoms. The Hall–Kier alpha value is -1.40. The Morgan fingerprint density at radius 3 is 2.78 bits per heavy atom. The zero-order valence-electron chi connectivity index (χ0n) is 14.2. The van der Waals surface area contributed by atoms with Gasteiger partial charge in [-0.15, -0.1) is 0 Å². The van der Waals surface area contributed by atoms with Crippen molar-refractivity contribution in [1.82, 2.24) is 15.0 Å². The predicted molar refractivity (Wildman–Crippen MR) is 85.9 cm³/mol. The molecule has 6 nitrogen and oxygen atoms in total. The molecule has 1 aromatic rings. The molecule has 2 saturated heterocycles. The second-order valence-electron chi connectivity index (χ2n) is 6.60. The molecule has 0 N–H and O–H groups in total. The number of aryl methyl sites for hydroxylation is 1. The molecular weight excluding hydrogens is 294 g/mol. The molecule has 0 unspecified atom stereocenters. The normalized spacial score (nSPS) is 26.4. The molecule has 0 bridgehead atoms. The van der Waals surface area contributed by atoms with E-state index in [0.29, 0.717) is 0 Å². The van der Waals surface area contributed by atoms with Crippen LogP contribution in [0.3, 0.4) is 0 Å². The summed E-state index contributed by atoms with van der Waals surface area (Å²) < 4.78 is 10.9. The van der Waals surface area contributed by atoms with E-state index in [9.17, 15) is 4.79 Å². The Kier molecular flexibility index (Phi) is 5.33. The lowest BCUT2D eigenvalue weighted by Crippen LogP contribution is -2.52. The molecule has 0 radical (unpaired) electrons. The van der Waals surface area contributed by atoms with E-state index in [1.165, 1.54) is 0 Å². The maximum Gasteiger partial charge on any atom is 0.228 e. The molecular formula is C17H27N3O3. The molecule has 6 heteroatoms. The van der Waals surface area contributed by atoms with Crippen LogP contribution in [0.15, 0.2) is 10.6 Å². The molecule has 3 rings (SSSR count). The summed E-state index contributed by atoms with van der Waals surface area (Å²) in [6.45, 7) is 8.98. The minimum absolute atomic E-state index is 0.0542.